The lowest BCUT2D eigenvalue weighted by molar-refractivity contribution is 0.867. The quantitative estimate of drug-likeness (QED) is 0.823. The van der Waals surface area contributed by atoms with Gasteiger partial charge in [0.15, 0.2) is 0 Å². The van der Waals surface area contributed by atoms with E-state index in [4.69, 9.17) is 0 Å². The van der Waals surface area contributed by atoms with E-state index in [1.54, 1.807) is 0 Å². The van der Waals surface area contributed by atoms with Crippen molar-refractivity contribution in [3.8, 4) is 0 Å². The molecule has 2 heterocycles. The zero-order chi connectivity index (χ0) is 9.71. The van der Waals surface area contributed by atoms with Gasteiger partial charge in [0, 0.05) is 12.1 Å². The van der Waals surface area contributed by atoms with Crippen LogP contribution in [0.4, 0.5) is 0 Å². The molecule has 0 aliphatic heterocycles. The smallest absolute Gasteiger partial charge is 0.110 e. The predicted molar refractivity (Wildman–Crippen MR) is 63.1 cm³/mol. The fourth-order valence-electron chi connectivity index (χ4n) is 1.80. The molecule has 4 heteroatoms. The lowest BCUT2D eigenvalue weighted by Gasteiger charge is -1.88. The number of fused-ring (bicyclic) bond motifs is 1. The van der Waals surface area contributed by atoms with Gasteiger partial charge < -0.3 is 4.98 Å². The summed E-state index contributed by atoms with van der Waals surface area (Å²) in [5.74, 6) is 2.58. The highest BCUT2D eigenvalue weighted by atomic mass is 127. The van der Waals surface area contributed by atoms with Crippen LogP contribution in [-0.2, 0) is 0 Å². The summed E-state index contributed by atoms with van der Waals surface area (Å²) < 4.78 is 1.12. The standard InChI is InChI=1S/C10H10IN3/c1-5-2-6(5)10-13-8-4-12-3-7(11)9(8)14-10/h3-6H,2H2,1H3,(H,13,14). The molecule has 3 nitrogen and oxygen atoms in total. The molecule has 0 amide bonds. The van der Waals surface area contributed by atoms with Crippen LogP contribution in [0.3, 0.4) is 0 Å². The molecule has 0 radical (unpaired) electrons. The summed E-state index contributed by atoms with van der Waals surface area (Å²) in [7, 11) is 0. The monoisotopic (exact) mass is 299 g/mol. The second-order valence-electron chi connectivity index (χ2n) is 3.96. The third-order valence-electron chi connectivity index (χ3n) is 2.83. The average Bonchev–Trinajstić information content (AvgIpc) is 2.75. The number of hydrogen-bond acceptors (Lipinski definition) is 2. The Morgan fingerprint density at radius 1 is 1.50 bits per heavy atom. The molecule has 1 fully saturated rings. The second kappa shape index (κ2) is 2.92. The first-order chi connectivity index (χ1) is 6.75. The number of aromatic nitrogens is 3. The van der Waals surface area contributed by atoms with Crippen LogP contribution in [0.5, 0.6) is 0 Å². The Morgan fingerprint density at radius 3 is 2.93 bits per heavy atom. The molecule has 0 bridgehead atoms. The fraction of sp³-hybridized carbons (Fsp3) is 0.400. The maximum atomic E-state index is 4.62. The van der Waals surface area contributed by atoms with Crippen molar-refractivity contribution in [3.05, 3.63) is 21.8 Å². The molecular weight excluding hydrogens is 289 g/mol. The van der Waals surface area contributed by atoms with E-state index < -0.39 is 0 Å². The van der Waals surface area contributed by atoms with Crippen LogP contribution in [0.15, 0.2) is 12.4 Å². The Bertz CT molecular complexity index is 491. The number of halogens is 1. The Hall–Kier alpha value is -0.650. The van der Waals surface area contributed by atoms with Gasteiger partial charge in [-0.05, 0) is 34.9 Å². The van der Waals surface area contributed by atoms with Crippen LogP contribution in [0.25, 0.3) is 11.0 Å². The third kappa shape index (κ3) is 1.24. The molecule has 0 saturated heterocycles. The van der Waals surface area contributed by atoms with Gasteiger partial charge >= 0.3 is 0 Å². The van der Waals surface area contributed by atoms with Crippen LogP contribution in [0.2, 0.25) is 0 Å². The van der Waals surface area contributed by atoms with Crippen molar-refractivity contribution in [2.45, 2.75) is 19.3 Å². The van der Waals surface area contributed by atoms with E-state index in [1.165, 1.54) is 6.42 Å². The highest BCUT2D eigenvalue weighted by Crippen LogP contribution is 2.46. The van der Waals surface area contributed by atoms with Crippen molar-refractivity contribution in [1.82, 2.24) is 15.0 Å². The van der Waals surface area contributed by atoms with E-state index in [0.29, 0.717) is 5.92 Å². The summed E-state index contributed by atoms with van der Waals surface area (Å²) in [5, 5.41) is 0. The van der Waals surface area contributed by atoms with Gasteiger partial charge in [0.05, 0.1) is 15.3 Å². The fourth-order valence-corrected chi connectivity index (χ4v) is 2.37. The molecule has 2 atom stereocenters. The van der Waals surface area contributed by atoms with E-state index in [0.717, 1.165) is 26.3 Å². The highest BCUT2D eigenvalue weighted by Gasteiger charge is 2.36. The minimum absolute atomic E-state index is 0.651. The molecule has 0 spiro atoms. The topological polar surface area (TPSA) is 41.6 Å². The minimum Gasteiger partial charge on any atom is -0.340 e. The Kier molecular flexibility index (Phi) is 1.80. The van der Waals surface area contributed by atoms with Gasteiger partial charge in [-0.3, -0.25) is 4.98 Å². The minimum atomic E-state index is 0.651. The molecule has 1 aliphatic rings. The molecular formula is C10H10IN3. The predicted octanol–water partition coefficient (Wildman–Crippen LogP) is 2.69. The number of hydrogen-bond donors (Lipinski definition) is 1. The van der Waals surface area contributed by atoms with Gasteiger partial charge in [0.25, 0.3) is 0 Å². The number of pyridine rings is 1. The van der Waals surface area contributed by atoms with Crippen molar-refractivity contribution in [2.75, 3.05) is 0 Å². The Morgan fingerprint density at radius 2 is 2.29 bits per heavy atom. The van der Waals surface area contributed by atoms with Crippen molar-refractivity contribution >= 4 is 33.6 Å². The SMILES string of the molecule is CC1CC1c1nc2c(I)cncc2[nH]1. The van der Waals surface area contributed by atoms with Gasteiger partial charge in [-0.1, -0.05) is 6.92 Å². The summed E-state index contributed by atoms with van der Waals surface area (Å²) >= 11 is 2.28. The number of H-pyrrole nitrogens is 1. The molecule has 0 aromatic carbocycles. The van der Waals surface area contributed by atoms with Crippen LogP contribution in [0.1, 0.15) is 25.1 Å². The number of rotatable bonds is 1. The maximum absolute atomic E-state index is 4.62. The summed E-state index contributed by atoms with van der Waals surface area (Å²) in [6.45, 7) is 2.26. The van der Waals surface area contributed by atoms with Crippen LogP contribution in [-0.4, -0.2) is 15.0 Å². The first-order valence-electron chi connectivity index (χ1n) is 4.75. The van der Waals surface area contributed by atoms with Crippen molar-refractivity contribution in [3.63, 3.8) is 0 Å². The van der Waals surface area contributed by atoms with Crippen molar-refractivity contribution in [2.24, 2.45) is 5.92 Å². The molecule has 72 valence electrons. The summed E-state index contributed by atoms with van der Waals surface area (Å²) in [4.78, 5) is 12.1. The zero-order valence-corrected chi connectivity index (χ0v) is 9.95. The van der Waals surface area contributed by atoms with Crippen molar-refractivity contribution in [1.29, 1.82) is 0 Å². The number of nitrogens with zero attached hydrogens (tertiary/aromatic N) is 2. The first kappa shape index (κ1) is 8.64. The summed E-state index contributed by atoms with van der Waals surface area (Å²) in [6, 6.07) is 0. The lowest BCUT2D eigenvalue weighted by atomic mass is 10.3. The first-order valence-corrected chi connectivity index (χ1v) is 5.82. The van der Waals surface area contributed by atoms with E-state index in [1.807, 2.05) is 12.4 Å². The van der Waals surface area contributed by atoms with E-state index in [-0.39, 0.29) is 0 Å². The van der Waals surface area contributed by atoms with Crippen LogP contribution >= 0.6 is 22.6 Å². The maximum Gasteiger partial charge on any atom is 0.110 e. The Balaban J connectivity index is 2.16. The van der Waals surface area contributed by atoms with Crippen LogP contribution < -0.4 is 0 Å². The zero-order valence-electron chi connectivity index (χ0n) is 7.79. The lowest BCUT2D eigenvalue weighted by Crippen LogP contribution is -1.83. The van der Waals surface area contributed by atoms with Gasteiger partial charge in [-0.2, -0.15) is 0 Å². The number of aromatic amines is 1. The molecule has 1 N–H and O–H groups in total. The Labute approximate surface area is 95.5 Å². The van der Waals surface area contributed by atoms with Gasteiger partial charge in [-0.15, -0.1) is 0 Å². The van der Waals surface area contributed by atoms with E-state index in [9.17, 15) is 0 Å². The van der Waals surface area contributed by atoms with Gasteiger partial charge in [0.1, 0.15) is 11.3 Å². The highest BCUT2D eigenvalue weighted by molar-refractivity contribution is 14.1. The molecule has 2 aromatic heterocycles. The molecule has 3 rings (SSSR count). The molecule has 1 aliphatic carbocycles. The summed E-state index contributed by atoms with van der Waals surface area (Å²) in [6.07, 6.45) is 4.97. The normalized spacial score (nSPS) is 25.6. The number of nitrogens with one attached hydrogen (secondary N) is 1. The average molecular weight is 299 g/mol. The second-order valence-corrected chi connectivity index (χ2v) is 5.12. The molecule has 1 saturated carbocycles. The van der Waals surface area contributed by atoms with Crippen molar-refractivity contribution < 1.29 is 0 Å². The van der Waals surface area contributed by atoms with Gasteiger partial charge in [0.2, 0.25) is 0 Å². The third-order valence-corrected chi connectivity index (χ3v) is 3.62. The summed E-state index contributed by atoms with van der Waals surface area (Å²) in [5.41, 5.74) is 2.13. The van der Waals surface area contributed by atoms with Gasteiger partial charge in [-0.25, -0.2) is 4.98 Å². The molecule has 14 heavy (non-hydrogen) atoms. The van der Waals surface area contributed by atoms with E-state index in [2.05, 4.69) is 44.5 Å². The molecule has 2 aromatic rings. The van der Waals surface area contributed by atoms with Crippen LogP contribution in [0, 0.1) is 9.49 Å². The number of imidazole rings is 1. The molecule has 2 unspecified atom stereocenters. The largest absolute Gasteiger partial charge is 0.340 e. The van der Waals surface area contributed by atoms with E-state index >= 15 is 0 Å².